The van der Waals surface area contributed by atoms with Gasteiger partial charge in [-0.1, -0.05) is 17.7 Å². The number of aromatic nitrogens is 2. The van der Waals surface area contributed by atoms with E-state index < -0.39 is 0 Å². The van der Waals surface area contributed by atoms with Crippen molar-refractivity contribution in [1.29, 1.82) is 0 Å². The average molecular weight is 489 g/mol. The summed E-state index contributed by atoms with van der Waals surface area (Å²) in [5, 5.41) is 4.34. The Morgan fingerprint density at radius 2 is 2.00 bits per heavy atom. The first-order valence-electron chi connectivity index (χ1n) is 11.1. The van der Waals surface area contributed by atoms with Gasteiger partial charge in [-0.05, 0) is 43.5 Å². The Hall–Kier alpha value is -2.78. The number of ether oxygens (including phenoxy) is 3. The smallest absolute Gasteiger partial charge is 0.309 e. The number of halogens is 1. The van der Waals surface area contributed by atoms with Crippen molar-refractivity contribution < 1.29 is 19.0 Å². The van der Waals surface area contributed by atoms with Gasteiger partial charge in [-0.15, -0.1) is 11.3 Å². The Labute approximate surface area is 200 Å². The molecule has 2 aromatic heterocycles. The number of hydrogen-bond donors (Lipinski definition) is 1. The molecule has 0 radical (unpaired) electrons. The Bertz CT molecular complexity index is 1160. The van der Waals surface area contributed by atoms with E-state index in [1.54, 1.807) is 0 Å². The van der Waals surface area contributed by atoms with Crippen LogP contribution in [0.3, 0.4) is 0 Å². The average Bonchev–Trinajstić information content (AvgIpc) is 3.23. The van der Waals surface area contributed by atoms with Crippen molar-refractivity contribution in [3.8, 4) is 11.5 Å². The summed E-state index contributed by atoms with van der Waals surface area (Å²) >= 11 is 7.73. The summed E-state index contributed by atoms with van der Waals surface area (Å²) in [6.07, 6.45) is 1.46. The number of piperidine rings is 1. The van der Waals surface area contributed by atoms with E-state index in [-0.39, 0.29) is 11.9 Å². The molecular weight excluding hydrogens is 464 g/mol. The van der Waals surface area contributed by atoms with Crippen molar-refractivity contribution in [3.05, 3.63) is 34.2 Å². The monoisotopic (exact) mass is 488 g/mol. The molecule has 0 aliphatic carbocycles. The van der Waals surface area contributed by atoms with E-state index in [2.05, 4.69) is 10.2 Å². The zero-order chi connectivity index (χ0) is 22.8. The second-order valence-corrected chi connectivity index (χ2v) is 9.65. The van der Waals surface area contributed by atoms with Crippen molar-refractivity contribution in [1.82, 2.24) is 9.97 Å². The minimum atomic E-state index is -0.111. The molecule has 0 spiro atoms. The molecule has 3 aromatic rings. The maximum atomic E-state index is 12.1. The largest absolute Gasteiger partial charge is 0.486 e. The van der Waals surface area contributed by atoms with Gasteiger partial charge in [0.2, 0.25) is 5.95 Å². The van der Waals surface area contributed by atoms with Crippen molar-refractivity contribution in [3.63, 3.8) is 0 Å². The van der Waals surface area contributed by atoms with Crippen LogP contribution in [0.1, 0.15) is 25.3 Å². The van der Waals surface area contributed by atoms with Crippen molar-refractivity contribution in [2.24, 2.45) is 5.92 Å². The highest BCUT2D eigenvalue weighted by Crippen LogP contribution is 2.35. The number of fused-ring (bicyclic) bond motifs is 2. The summed E-state index contributed by atoms with van der Waals surface area (Å²) in [5.41, 5.74) is 1.06. The normalized spacial score (nSPS) is 16.1. The summed E-state index contributed by atoms with van der Waals surface area (Å²) in [6.45, 7) is 5.35. The van der Waals surface area contributed by atoms with Crippen LogP contribution in [0.5, 0.6) is 11.5 Å². The molecule has 1 N–H and O–H groups in total. The lowest BCUT2D eigenvalue weighted by Crippen LogP contribution is -2.38. The number of thiophene rings is 1. The Kier molecular flexibility index (Phi) is 6.41. The highest BCUT2D eigenvalue weighted by atomic mass is 35.5. The van der Waals surface area contributed by atoms with Crippen LogP contribution in [0.2, 0.25) is 4.34 Å². The first-order valence-corrected chi connectivity index (χ1v) is 12.3. The third kappa shape index (κ3) is 4.79. The summed E-state index contributed by atoms with van der Waals surface area (Å²) in [6, 6.07) is 7.83. The van der Waals surface area contributed by atoms with E-state index in [1.807, 2.05) is 31.2 Å². The van der Waals surface area contributed by atoms with Crippen LogP contribution in [0.4, 0.5) is 11.8 Å². The van der Waals surface area contributed by atoms with Gasteiger partial charge in [0.25, 0.3) is 0 Å². The van der Waals surface area contributed by atoms with E-state index in [0.29, 0.717) is 49.7 Å². The van der Waals surface area contributed by atoms with Crippen LogP contribution in [0, 0.1) is 5.92 Å². The molecule has 0 unspecified atom stereocenters. The highest BCUT2D eigenvalue weighted by molar-refractivity contribution is 7.22. The van der Waals surface area contributed by atoms with Crippen LogP contribution < -0.4 is 19.7 Å². The zero-order valence-electron chi connectivity index (χ0n) is 18.3. The quantitative estimate of drug-likeness (QED) is 0.507. The Balaban J connectivity index is 1.34. The predicted octanol–water partition coefficient (Wildman–Crippen LogP) is 4.51. The number of rotatable bonds is 6. The van der Waals surface area contributed by atoms with Crippen LogP contribution in [-0.2, 0) is 16.1 Å². The molecule has 0 atom stereocenters. The molecule has 1 aromatic carbocycles. The van der Waals surface area contributed by atoms with Crippen LogP contribution in [0.25, 0.3) is 10.2 Å². The summed E-state index contributed by atoms with van der Waals surface area (Å²) in [7, 11) is 0. The summed E-state index contributed by atoms with van der Waals surface area (Å²) in [4.78, 5) is 24.6. The van der Waals surface area contributed by atoms with Gasteiger partial charge in [0.15, 0.2) is 11.5 Å². The minimum Gasteiger partial charge on any atom is -0.486 e. The van der Waals surface area contributed by atoms with Crippen molar-refractivity contribution in [2.75, 3.05) is 43.1 Å². The maximum Gasteiger partial charge on any atom is 0.309 e. The summed E-state index contributed by atoms with van der Waals surface area (Å²) in [5.74, 6) is 2.74. The molecule has 0 bridgehead atoms. The molecule has 4 heterocycles. The minimum absolute atomic E-state index is 0.0612. The fourth-order valence-electron chi connectivity index (χ4n) is 4.12. The molecule has 33 heavy (non-hydrogen) atoms. The Morgan fingerprint density at radius 1 is 1.21 bits per heavy atom. The zero-order valence-corrected chi connectivity index (χ0v) is 19.9. The van der Waals surface area contributed by atoms with E-state index in [1.165, 1.54) is 11.3 Å². The lowest BCUT2D eigenvalue weighted by molar-refractivity contribution is -0.148. The molecule has 0 amide bonds. The number of anilines is 2. The molecule has 1 fully saturated rings. The SMILES string of the molecule is CCOC(=O)C1CCN(c2nc(NCc3ccc4c(c3)OCCO4)c3cc(Cl)sc3n2)CC1. The first kappa shape index (κ1) is 22.0. The van der Waals surface area contributed by atoms with E-state index in [0.717, 1.165) is 45.9 Å². The number of nitrogens with one attached hydrogen (secondary N) is 1. The maximum absolute atomic E-state index is 12.1. The lowest BCUT2D eigenvalue weighted by Gasteiger charge is -2.31. The molecule has 8 nitrogen and oxygen atoms in total. The standard InChI is InChI=1S/C23H25ClN4O4S/c1-2-30-22(29)15-5-7-28(8-6-15)23-26-20(16-12-19(24)33-21(16)27-23)25-13-14-3-4-17-18(11-14)32-10-9-31-17/h3-4,11-12,15H,2,5-10,13H2,1H3,(H,25,26,27). The number of carbonyl (C=O) groups is 1. The molecule has 174 valence electrons. The topological polar surface area (TPSA) is 85.8 Å². The second kappa shape index (κ2) is 9.61. The fourth-order valence-corrected chi connectivity index (χ4v) is 5.20. The number of carbonyl (C=O) groups excluding carboxylic acids is 1. The van der Waals surface area contributed by atoms with Gasteiger partial charge in [-0.25, -0.2) is 4.98 Å². The van der Waals surface area contributed by atoms with Crippen molar-refractivity contribution in [2.45, 2.75) is 26.3 Å². The van der Waals surface area contributed by atoms with E-state index in [4.69, 9.17) is 35.8 Å². The van der Waals surface area contributed by atoms with Crippen LogP contribution in [0.15, 0.2) is 24.3 Å². The van der Waals surface area contributed by atoms with E-state index >= 15 is 0 Å². The van der Waals surface area contributed by atoms with Crippen LogP contribution >= 0.6 is 22.9 Å². The van der Waals surface area contributed by atoms with Gasteiger partial charge in [0.1, 0.15) is 23.9 Å². The molecule has 1 saturated heterocycles. The first-order chi connectivity index (χ1) is 16.1. The van der Waals surface area contributed by atoms with E-state index in [9.17, 15) is 4.79 Å². The fraction of sp³-hybridized carbons (Fsp3) is 0.435. The van der Waals surface area contributed by atoms with Gasteiger partial charge in [0, 0.05) is 19.6 Å². The van der Waals surface area contributed by atoms with Gasteiger partial charge >= 0.3 is 5.97 Å². The third-order valence-electron chi connectivity index (χ3n) is 5.82. The molecule has 2 aliphatic heterocycles. The third-order valence-corrected chi connectivity index (χ3v) is 6.97. The number of nitrogens with zero attached hydrogens (tertiary/aromatic N) is 3. The van der Waals surface area contributed by atoms with Gasteiger partial charge in [0.05, 0.1) is 22.2 Å². The Morgan fingerprint density at radius 3 is 2.79 bits per heavy atom. The molecule has 2 aliphatic rings. The van der Waals surface area contributed by atoms with Gasteiger partial charge in [-0.2, -0.15) is 4.98 Å². The number of esters is 1. The molecule has 0 saturated carbocycles. The lowest BCUT2D eigenvalue weighted by atomic mass is 9.97. The number of benzene rings is 1. The van der Waals surface area contributed by atoms with Gasteiger partial charge in [-0.3, -0.25) is 4.79 Å². The highest BCUT2D eigenvalue weighted by Gasteiger charge is 2.28. The second-order valence-electron chi connectivity index (χ2n) is 7.99. The molecule has 5 rings (SSSR count). The van der Waals surface area contributed by atoms with Crippen molar-refractivity contribution >= 4 is 50.9 Å². The van der Waals surface area contributed by atoms with Crippen LogP contribution in [-0.4, -0.2) is 48.8 Å². The molecular formula is C23H25ClN4O4S. The predicted molar refractivity (Wildman–Crippen MR) is 129 cm³/mol. The number of hydrogen-bond acceptors (Lipinski definition) is 9. The van der Waals surface area contributed by atoms with Gasteiger partial charge < -0.3 is 24.4 Å². The summed E-state index contributed by atoms with van der Waals surface area (Å²) < 4.78 is 17.2. The molecule has 10 heteroatoms.